The van der Waals surface area contributed by atoms with Crippen molar-refractivity contribution in [1.29, 1.82) is 0 Å². The van der Waals surface area contributed by atoms with Crippen molar-refractivity contribution >= 4 is 17.7 Å². The van der Waals surface area contributed by atoms with Crippen LogP contribution < -0.4 is 5.32 Å². The molecule has 1 N–H and O–H groups in total. The van der Waals surface area contributed by atoms with E-state index in [-0.39, 0.29) is 0 Å². The quantitative estimate of drug-likeness (QED) is 0.614. The van der Waals surface area contributed by atoms with Crippen LogP contribution in [0.15, 0.2) is 4.99 Å². The summed E-state index contributed by atoms with van der Waals surface area (Å²) in [5, 5.41) is 3.50. The second-order valence-corrected chi connectivity index (χ2v) is 7.50. The van der Waals surface area contributed by atoms with E-state index in [0.717, 1.165) is 32.1 Å². The molecule has 2 rings (SSSR count). The smallest absolute Gasteiger partial charge is 0.193 e. The van der Waals surface area contributed by atoms with Crippen LogP contribution in [0.25, 0.3) is 0 Å². The zero-order valence-electron chi connectivity index (χ0n) is 11.9. The van der Waals surface area contributed by atoms with Crippen LogP contribution in [-0.2, 0) is 0 Å². The first-order chi connectivity index (χ1) is 8.61. The second kappa shape index (κ2) is 6.15. The summed E-state index contributed by atoms with van der Waals surface area (Å²) in [7, 11) is 1.89. The number of nitrogens with one attached hydrogen (secondary N) is 1. The van der Waals surface area contributed by atoms with Crippen LogP contribution in [0, 0.1) is 0 Å². The molecule has 0 spiro atoms. The van der Waals surface area contributed by atoms with Gasteiger partial charge in [-0.2, -0.15) is 11.8 Å². The molecular weight excluding hydrogens is 244 g/mol. The van der Waals surface area contributed by atoms with Crippen molar-refractivity contribution in [2.75, 3.05) is 52.1 Å². The largest absolute Gasteiger partial charge is 0.355 e. The lowest BCUT2D eigenvalue weighted by Gasteiger charge is -2.39. The van der Waals surface area contributed by atoms with Crippen LogP contribution in [0.5, 0.6) is 0 Å². The van der Waals surface area contributed by atoms with Gasteiger partial charge in [0.15, 0.2) is 5.96 Å². The average Bonchev–Trinajstić information content (AvgIpc) is 2.25. The van der Waals surface area contributed by atoms with Gasteiger partial charge in [-0.05, 0) is 33.4 Å². The third-order valence-corrected chi connectivity index (χ3v) is 4.89. The molecule has 2 aliphatic heterocycles. The summed E-state index contributed by atoms with van der Waals surface area (Å²) in [5.41, 5.74) is 0. The van der Waals surface area contributed by atoms with E-state index in [2.05, 4.69) is 45.7 Å². The first kappa shape index (κ1) is 14.0. The molecule has 18 heavy (non-hydrogen) atoms. The molecule has 0 unspecified atom stereocenters. The molecule has 0 aliphatic carbocycles. The van der Waals surface area contributed by atoms with Crippen molar-refractivity contribution in [3.05, 3.63) is 0 Å². The predicted octanol–water partition coefficient (Wildman–Crippen LogP) is 1.09. The van der Waals surface area contributed by atoms with E-state index in [1.165, 1.54) is 25.3 Å². The van der Waals surface area contributed by atoms with E-state index in [1.807, 2.05) is 7.05 Å². The molecule has 0 saturated carbocycles. The maximum Gasteiger partial charge on any atom is 0.193 e. The fraction of sp³-hybridized carbons (Fsp3) is 0.923. The van der Waals surface area contributed by atoms with E-state index in [4.69, 9.17) is 0 Å². The van der Waals surface area contributed by atoms with E-state index >= 15 is 0 Å². The molecule has 0 aromatic heterocycles. The predicted molar refractivity (Wildman–Crippen MR) is 80.5 cm³/mol. The lowest BCUT2D eigenvalue weighted by atomic mass is 10.2. The molecule has 2 aliphatic rings. The molecule has 0 amide bonds. The Bertz CT molecular complexity index is 299. The highest BCUT2D eigenvalue weighted by Crippen LogP contribution is 2.29. The topological polar surface area (TPSA) is 30.9 Å². The number of nitrogens with zero attached hydrogens (tertiary/aromatic N) is 3. The van der Waals surface area contributed by atoms with Gasteiger partial charge in [-0.3, -0.25) is 4.99 Å². The summed E-state index contributed by atoms with van der Waals surface area (Å²) in [6.07, 6.45) is 1.37. The van der Waals surface area contributed by atoms with E-state index in [9.17, 15) is 0 Å². The Morgan fingerprint density at radius 3 is 2.67 bits per heavy atom. The van der Waals surface area contributed by atoms with Crippen LogP contribution in [0.4, 0.5) is 0 Å². The van der Waals surface area contributed by atoms with Crippen LogP contribution >= 0.6 is 11.8 Å². The van der Waals surface area contributed by atoms with Gasteiger partial charge in [0.05, 0.1) is 0 Å². The van der Waals surface area contributed by atoms with Gasteiger partial charge < -0.3 is 15.1 Å². The molecule has 0 atom stereocenters. The number of rotatable bonds is 3. The maximum absolute atomic E-state index is 4.42. The van der Waals surface area contributed by atoms with E-state index < -0.39 is 0 Å². The summed E-state index contributed by atoms with van der Waals surface area (Å²) in [6.45, 7) is 11.5. The minimum atomic E-state index is 0.341. The number of hydrogen-bond donors (Lipinski definition) is 1. The lowest BCUT2D eigenvalue weighted by molar-refractivity contribution is 0.184. The number of aliphatic imine (C=N–C) groups is 1. The lowest BCUT2D eigenvalue weighted by Crippen LogP contribution is -2.52. The Morgan fingerprint density at radius 1 is 1.33 bits per heavy atom. The zero-order chi connectivity index (χ0) is 13.0. The highest BCUT2D eigenvalue weighted by atomic mass is 32.2. The van der Waals surface area contributed by atoms with Crippen molar-refractivity contribution in [3.63, 3.8) is 0 Å². The monoisotopic (exact) mass is 270 g/mol. The maximum atomic E-state index is 4.42. The molecule has 2 saturated heterocycles. The van der Waals surface area contributed by atoms with Gasteiger partial charge in [0.25, 0.3) is 0 Å². The average molecular weight is 270 g/mol. The highest BCUT2D eigenvalue weighted by molar-refractivity contribution is 8.00. The normalized spacial score (nSPS) is 24.8. The Morgan fingerprint density at radius 2 is 2.11 bits per heavy atom. The van der Waals surface area contributed by atoms with Crippen molar-refractivity contribution in [2.24, 2.45) is 4.99 Å². The van der Waals surface area contributed by atoms with Crippen molar-refractivity contribution in [3.8, 4) is 0 Å². The Hall–Kier alpha value is -0.420. The number of thioether (sulfide) groups is 1. The molecule has 0 radical (unpaired) electrons. The Kier molecular flexibility index (Phi) is 4.78. The highest BCUT2D eigenvalue weighted by Gasteiger charge is 2.28. The third-order valence-electron chi connectivity index (χ3n) is 3.60. The molecule has 0 aromatic rings. The van der Waals surface area contributed by atoms with Crippen molar-refractivity contribution in [2.45, 2.75) is 25.0 Å². The molecule has 2 fully saturated rings. The van der Waals surface area contributed by atoms with Gasteiger partial charge >= 0.3 is 0 Å². The standard InChI is InChI=1S/C13H26N4S/c1-13(2)11-17(9-10-18-13)12(14-3)15-5-8-16-6-4-7-16/h4-11H2,1-3H3,(H,14,15). The molecule has 5 heteroatoms. The fourth-order valence-corrected chi connectivity index (χ4v) is 3.57. The van der Waals surface area contributed by atoms with Crippen LogP contribution in [-0.4, -0.2) is 72.6 Å². The molecule has 0 bridgehead atoms. The number of hydrogen-bond acceptors (Lipinski definition) is 3. The summed E-state index contributed by atoms with van der Waals surface area (Å²) in [4.78, 5) is 9.30. The summed E-state index contributed by atoms with van der Waals surface area (Å²) >= 11 is 2.06. The number of likely N-dealkylation sites (tertiary alicyclic amines) is 1. The Labute approximate surface area is 115 Å². The SMILES string of the molecule is CN=C(NCCN1CCC1)N1CCSC(C)(C)C1. The first-order valence-corrected chi connectivity index (χ1v) is 7.91. The zero-order valence-corrected chi connectivity index (χ0v) is 12.7. The molecule has 2 heterocycles. The minimum absolute atomic E-state index is 0.341. The second-order valence-electron chi connectivity index (χ2n) is 5.70. The van der Waals surface area contributed by atoms with Gasteiger partial charge in [-0.1, -0.05) is 0 Å². The van der Waals surface area contributed by atoms with Gasteiger partial charge in [0, 0.05) is 43.7 Å². The minimum Gasteiger partial charge on any atom is -0.355 e. The van der Waals surface area contributed by atoms with Gasteiger partial charge in [-0.15, -0.1) is 0 Å². The summed E-state index contributed by atoms with van der Waals surface area (Å²) < 4.78 is 0.341. The summed E-state index contributed by atoms with van der Waals surface area (Å²) in [5.74, 6) is 2.27. The van der Waals surface area contributed by atoms with Gasteiger partial charge in [0.1, 0.15) is 0 Å². The summed E-state index contributed by atoms with van der Waals surface area (Å²) in [6, 6.07) is 0. The molecule has 0 aromatic carbocycles. The Balaban J connectivity index is 1.76. The third kappa shape index (κ3) is 3.79. The molecular formula is C13H26N4S. The van der Waals surface area contributed by atoms with Crippen molar-refractivity contribution in [1.82, 2.24) is 15.1 Å². The van der Waals surface area contributed by atoms with E-state index in [0.29, 0.717) is 4.75 Å². The van der Waals surface area contributed by atoms with Crippen LogP contribution in [0.1, 0.15) is 20.3 Å². The first-order valence-electron chi connectivity index (χ1n) is 6.93. The van der Waals surface area contributed by atoms with Gasteiger partial charge in [-0.25, -0.2) is 0 Å². The number of guanidine groups is 1. The van der Waals surface area contributed by atoms with E-state index in [1.54, 1.807) is 0 Å². The van der Waals surface area contributed by atoms with Gasteiger partial charge in [0.2, 0.25) is 0 Å². The van der Waals surface area contributed by atoms with Crippen LogP contribution in [0.3, 0.4) is 0 Å². The fourth-order valence-electron chi connectivity index (χ4n) is 2.46. The molecule has 104 valence electrons. The van der Waals surface area contributed by atoms with Crippen molar-refractivity contribution < 1.29 is 0 Å². The van der Waals surface area contributed by atoms with Crippen LogP contribution in [0.2, 0.25) is 0 Å². The molecule has 4 nitrogen and oxygen atoms in total.